The molecule has 1 fully saturated rings. The van der Waals surface area contributed by atoms with E-state index in [1.807, 2.05) is 6.92 Å². The van der Waals surface area contributed by atoms with Crippen molar-refractivity contribution in [2.75, 3.05) is 11.0 Å². The predicted octanol–water partition coefficient (Wildman–Crippen LogP) is 1.61. The number of rotatable bonds is 1. The molecule has 0 unspecified atom stereocenters. The summed E-state index contributed by atoms with van der Waals surface area (Å²) in [7, 11) is 0. The van der Waals surface area contributed by atoms with Crippen LogP contribution in [-0.4, -0.2) is 29.3 Å². The molecule has 0 amide bonds. The quantitative estimate of drug-likeness (QED) is 0.524. The first kappa shape index (κ1) is 8.74. The lowest BCUT2D eigenvalue weighted by atomic mass is 10.2. The number of hydrogen-bond acceptors (Lipinski definition) is 2. The van der Waals surface area contributed by atoms with E-state index in [1.54, 1.807) is 0 Å². The number of hydrogen-bond donors (Lipinski definition) is 0. The van der Waals surface area contributed by atoms with Crippen LogP contribution in [0.3, 0.4) is 0 Å². The highest BCUT2D eigenvalue weighted by molar-refractivity contribution is 14.1. The second-order valence-electron chi connectivity index (χ2n) is 2.66. The van der Waals surface area contributed by atoms with Crippen molar-refractivity contribution in [3.63, 3.8) is 0 Å². The summed E-state index contributed by atoms with van der Waals surface area (Å²) in [6.45, 7) is 4.87. The summed E-state index contributed by atoms with van der Waals surface area (Å²) in [5.41, 5.74) is 0. The highest BCUT2D eigenvalue weighted by atomic mass is 127. The molecule has 0 saturated carbocycles. The fourth-order valence-electron chi connectivity index (χ4n) is 0.929. The van der Waals surface area contributed by atoms with E-state index in [0.29, 0.717) is 6.10 Å². The monoisotopic (exact) mass is 256 g/mol. The third-order valence-electron chi connectivity index (χ3n) is 1.79. The van der Waals surface area contributed by atoms with Crippen molar-refractivity contribution < 1.29 is 9.47 Å². The van der Waals surface area contributed by atoms with Crippen LogP contribution in [0.25, 0.3) is 0 Å². The molecule has 0 aromatic heterocycles. The molecule has 10 heavy (non-hydrogen) atoms. The molecule has 0 spiro atoms. The van der Waals surface area contributed by atoms with Gasteiger partial charge in [0.15, 0.2) is 0 Å². The summed E-state index contributed by atoms with van der Waals surface area (Å²) >= 11 is 2.32. The Morgan fingerprint density at radius 1 is 1.40 bits per heavy atom. The topological polar surface area (TPSA) is 18.5 Å². The minimum absolute atomic E-state index is 0.258. The van der Waals surface area contributed by atoms with E-state index in [9.17, 15) is 0 Å². The Labute approximate surface area is 75.4 Å². The van der Waals surface area contributed by atoms with E-state index < -0.39 is 0 Å². The maximum Gasteiger partial charge on any atom is 0.0902 e. The van der Waals surface area contributed by atoms with Gasteiger partial charge in [0, 0.05) is 4.43 Å². The Balaban J connectivity index is 2.33. The molecular formula is C7H13IO2. The van der Waals surface area contributed by atoms with Gasteiger partial charge in [0.2, 0.25) is 0 Å². The zero-order chi connectivity index (χ0) is 7.56. The molecular weight excluding hydrogens is 243 g/mol. The van der Waals surface area contributed by atoms with E-state index in [1.165, 1.54) is 0 Å². The molecule has 2 nitrogen and oxygen atoms in total. The first-order chi connectivity index (χ1) is 4.74. The van der Waals surface area contributed by atoms with E-state index in [2.05, 4.69) is 29.5 Å². The molecule has 1 aliphatic rings. The average Bonchev–Trinajstić information content (AvgIpc) is 1.95. The Morgan fingerprint density at radius 2 is 2.10 bits per heavy atom. The third-order valence-corrected chi connectivity index (χ3v) is 2.77. The molecule has 0 radical (unpaired) electrons. The Bertz CT molecular complexity index is 108. The van der Waals surface area contributed by atoms with Crippen LogP contribution in [-0.2, 0) is 9.47 Å². The van der Waals surface area contributed by atoms with Gasteiger partial charge in [0.25, 0.3) is 0 Å². The Kier molecular flexibility index (Phi) is 3.39. The molecule has 3 heteroatoms. The number of halogens is 1. The molecule has 0 bridgehead atoms. The molecule has 0 aromatic rings. The van der Waals surface area contributed by atoms with Gasteiger partial charge in [-0.15, -0.1) is 0 Å². The van der Waals surface area contributed by atoms with Gasteiger partial charge in [0.1, 0.15) is 0 Å². The number of ether oxygens (including phenoxy) is 2. The standard InChI is InChI=1S/C7H13IO2/c1-5-6(2)10-7(3-8)4-9-5/h5-7H,3-4H2,1-2H3/t5-,6-,7-/m0/s1. The van der Waals surface area contributed by atoms with Gasteiger partial charge in [0.05, 0.1) is 24.9 Å². The minimum Gasteiger partial charge on any atom is -0.373 e. The van der Waals surface area contributed by atoms with Crippen LogP contribution >= 0.6 is 22.6 Å². The lowest BCUT2D eigenvalue weighted by molar-refractivity contribution is -0.158. The second-order valence-corrected chi connectivity index (χ2v) is 3.54. The Hall–Kier alpha value is 0.650. The minimum atomic E-state index is 0.258. The van der Waals surface area contributed by atoms with Crippen LogP contribution < -0.4 is 0 Å². The molecule has 0 aromatic carbocycles. The van der Waals surface area contributed by atoms with Crippen molar-refractivity contribution in [2.45, 2.75) is 32.2 Å². The Morgan fingerprint density at radius 3 is 2.60 bits per heavy atom. The molecule has 1 heterocycles. The molecule has 1 rings (SSSR count). The lowest BCUT2D eigenvalue weighted by Gasteiger charge is -2.31. The van der Waals surface area contributed by atoms with Gasteiger partial charge in [-0.3, -0.25) is 0 Å². The van der Waals surface area contributed by atoms with Crippen molar-refractivity contribution in [2.24, 2.45) is 0 Å². The van der Waals surface area contributed by atoms with Crippen molar-refractivity contribution in [1.82, 2.24) is 0 Å². The molecule has 1 saturated heterocycles. The van der Waals surface area contributed by atoms with E-state index in [-0.39, 0.29) is 12.2 Å². The third kappa shape index (κ3) is 2.07. The van der Waals surface area contributed by atoms with Gasteiger partial charge in [-0.1, -0.05) is 22.6 Å². The van der Waals surface area contributed by atoms with Crippen LogP contribution in [0.1, 0.15) is 13.8 Å². The van der Waals surface area contributed by atoms with Gasteiger partial charge in [-0.05, 0) is 13.8 Å². The fraction of sp³-hybridized carbons (Fsp3) is 1.00. The van der Waals surface area contributed by atoms with Crippen LogP contribution in [0.15, 0.2) is 0 Å². The lowest BCUT2D eigenvalue weighted by Crippen LogP contribution is -2.40. The highest BCUT2D eigenvalue weighted by Crippen LogP contribution is 2.15. The van der Waals surface area contributed by atoms with Gasteiger partial charge >= 0.3 is 0 Å². The van der Waals surface area contributed by atoms with Crippen LogP contribution in [0, 0.1) is 0 Å². The largest absolute Gasteiger partial charge is 0.373 e. The van der Waals surface area contributed by atoms with Crippen molar-refractivity contribution in [1.29, 1.82) is 0 Å². The number of alkyl halides is 1. The van der Waals surface area contributed by atoms with Crippen LogP contribution in [0.5, 0.6) is 0 Å². The summed E-state index contributed by atoms with van der Waals surface area (Å²) in [6.07, 6.45) is 0.833. The van der Waals surface area contributed by atoms with Crippen molar-refractivity contribution in [3.8, 4) is 0 Å². The molecule has 60 valence electrons. The summed E-state index contributed by atoms with van der Waals surface area (Å²) in [4.78, 5) is 0. The average molecular weight is 256 g/mol. The maximum atomic E-state index is 5.62. The zero-order valence-electron chi connectivity index (χ0n) is 6.34. The summed E-state index contributed by atoms with van der Waals surface area (Å²) < 4.78 is 12.1. The summed E-state index contributed by atoms with van der Waals surface area (Å²) in [5, 5.41) is 0. The second kappa shape index (κ2) is 3.88. The maximum absolute atomic E-state index is 5.62. The fourth-order valence-corrected chi connectivity index (χ4v) is 1.39. The van der Waals surface area contributed by atoms with Gasteiger partial charge in [-0.2, -0.15) is 0 Å². The first-order valence-corrected chi connectivity index (χ1v) is 5.09. The molecule has 0 aliphatic carbocycles. The van der Waals surface area contributed by atoms with E-state index in [0.717, 1.165) is 11.0 Å². The highest BCUT2D eigenvalue weighted by Gasteiger charge is 2.24. The van der Waals surface area contributed by atoms with Crippen molar-refractivity contribution in [3.05, 3.63) is 0 Å². The van der Waals surface area contributed by atoms with Crippen LogP contribution in [0.2, 0.25) is 0 Å². The first-order valence-electron chi connectivity index (χ1n) is 3.57. The summed E-state index contributed by atoms with van der Waals surface area (Å²) in [5.74, 6) is 0. The van der Waals surface area contributed by atoms with Crippen LogP contribution in [0.4, 0.5) is 0 Å². The summed E-state index contributed by atoms with van der Waals surface area (Å²) in [6, 6.07) is 0. The molecule has 0 N–H and O–H groups in total. The zero-order valence-corrected chi connectivity index (χ0v) is 8.50. The van der Waals surface area contributed by atoms with E-state index in [4.69, 9.17) is 9.47 Å². The van der Waals surface area contributed by atoms with Gasteiger partial charge in [-0.25, -0.2) is 0 Å². The van der Waals surface area contributed by atoms with Gasteiger partial charge < -0.3 is 9.47 Å². The smallest absolute Gasteiger partial charge is 0.0902 e. The molecule has 3 atom stereocenters. The SMILES string of the molecule is C[C@@H]1OC[C@H](CI)O[C@H]1C. The van der Waals surface area contributed by atoms with Crippen molar-refractivity contribution >= 4 is 22.6 Å². The normalized spacial score (nSPS) is 41.7. The van der Waals surface area contributed by atoms with E-state index >= 15 is 0 Å². The predicted molar refractivity (Wildman–Crippen MR) is 48.6 cm³/mol. The molecule has 1 aliphatic heterocycles.